The topological polar surface area (TPSA) is 119 Å². The van der Waals surface area contributed by atoms with E-state index in [9.17, 15) is 14.4 Å². The van der Waals surface area contributed by atoms with Gasteiger partial charge in [-0.2, -0.15) is 5.10 Å². The molecule has 0 radical (unpaired) electrons. The third-order valence-electron chi connectivity index (χ3n) is 4.70. The van der Waals surface area contributed by atoms with Crippen LogP contribution in [0.2, 0.25) is 0 Å². The van der Waals surface area contributed by atoms with Crippen LogP contribution in [0.25, 0.3) is 16.6 Å². The molecule has 0 atom stereocenters. The molecule has 0 saturated carbocycles. The Balaban J connectivity index is 1.47. The summed E-state index contributed by atoms with van der Waals surface area (Å²) in [5, 5.41) is 4.27. The SMILES string of the molecule is O=C(N/N=C\c1ccc2c(c1)C(=O)c1nc3ccncc3c(=O)n1-2)c1ccncc1. The Hall–Kier alpha value is -4.53. The first kappa shape index (κ1) is 17.6. The van der Waals surface area contributed by atoms with Crippen molar-refractivity contribution < 1.29 is 9.59 Å². The number of amides is 1. The van der Waals surface area contributed by atoms with Gasteiger partial charge >= 0.3 is 0 Å². The number of nitrogens with zero attached hydrogens (tertiary/aromatic N) is 5. The van der Waals surface area contributed by atoms with Gasteiger partial charge in [0, 0.05) is 30.4 Å². The fourth-order valence-corrected chi connectivity index (χ4v) is 3.27. The number of hydrogen-bond donors (Lipinski definition) is 1. The number of hydrogen-bond acceptors (Lipinski definition) is 7. The average Bonchev–Trinajstić information content (AvgIpc) is 3.06. The van der Waals surface area contributed by atoms with E-state index in [-0.39, 0.29) is 23.1 Å². The van der Waals surface area contributed by atoms with Gasteiger partial charge in [-0.05, 0) is 35.9 Å². The summed E-state index contributed by atoms with van der Waals surface area (Å²) in [6.07, 6.45) is 7.40. The Bertz CT molecular complexity index is 1430. The summed E-state index contributed by atoms with van der Waals surface area (Å²) in [5.41, 5.74) is 4.30. The highest BCUT2D eigenvalue weighted by molar-refractivity contribution is 6.14. The van der Waals surface area contributed by atoms with E-state index in [1.807, 2.05) is 0 Å². The smallest absolute Gasteiger partial charge is 0.271 e. The van der Waals surface area contributed by atoms with Gasteiger partial charge in [-0.1, -0.05) is 6.07 Å². The highest BCUT2D eigenvalue weighted by atomic mass is 16.2. The molecule has 0 spiro atoms. The first-order chi connectivity index (χ1) is 14.6. The molecule has 1 aliphatic heterocycles. The number of pyridine rings is 2. The number of nitrogens with one attached hydrogen (secondary N) is 1. The summed E-state index contributed by atoms with van der Waals surface area (Å²) in [6.45, 7) is 0. The molecule has 0 aliphatic carbocycles. The molecule has 9 heteroatoms. The number of fused-ring (bicyclic) bond motifs is 4. The van der Waals surface area contributed by atoms with Crippen molar-refractivity contribution >= 4 is 28.8 Å². The van der Waals surface area contributed by atoms with Crippen LogP contribution in [0.4, 0.5) is 0 Å². The lowest BCUT2D eigenvalue weighted by atomic mass is 10.1. The van der Waals surface area contributed by atoms with Gasteiger partial charge in [-0.3, -0.25) is 28.9 Å². The summed E-state index contributed by atoms with van der Waals surface area (Å²) in [6, 6.07) is 9.69. The Morgan fingerprint density at radius 2 is 1.83 bits per heavy atom. The quantitative estimate of drug-likeness (QED) is 0.364. The van der Waals surface area contributed by atoms with Crippen molar-refractivity contribution in [3.05, 3.63) is 94.1 Å². The number of rotatable bonds is 3. The number of carbonyl (C=O) groups excluding carboxylic acids is 2. The van der Waals surface area contributed by atoms with E-state index >= 15 is 0 Å². The summed E-state index contributed by atoms with van der Waals surface area (Å²) in [7, 11) is 0. The van der Waals surface area contributed by atoms with Crippen molar-refractivity contribution in [3.63, 3.8) is 0 Å². The molecule has 4 aromatic rings. The van der Waals surface area contributed by atoms with Gasteiger partial charge in [-0.15, -0.1) is 0 Å². The monoisotopic (exact) mass is 396 g/mol. The second-order valence-corrected chi connectivity index (χ2v) is 6.51. The molecular formula is C21H12N6O3. The number of ketones is 1. The van der Waals surface area contributed by atoms with Gasteiger partial charge in [0.2, 0.25) is 5.78 Å². The fourth-order valence-electron chi connectivity index (χ4n) is 3.27. The number of hydrazone groups is 1. The molecule has 0 saturated heterocycles. The minimum atomic E-state index is -0.380. The minimum absolute atomic E-state index is 0.0637. The summed E-state index contributed by atoms with van der Waals surface area (Å²) >= 11 is 0. The molecule has 9 nitrogen and oxygen atoms in total. The Morgan fingerprint density at radius 3 is 2.67 bits per heavy atom. The molecule has 4 heterocycles. The standard InChI is InChI=1S/C21H12N6O3/c28-18-14-9-12(10-24-26-20(29)13-3-6-22-7-4-13)1-2-17(14)27-19(18)25-16-5-8-23-11-15(16)21(27)30/h1-11H,(H,26,29)/b24-10-. The van der Waals surface area contributed by atoms with Gasteiger partial charge < -0.3 is 0 Å². The molecule has 0 bridgehead atoms. The first-order valence-corrected chi connectivity index (χ1v) is 8.93. The predicted molar refractivity (Wildman–Crippen MR) is 108 cm³/mol. The van der Waals surface area contributed by atoms with Crippen LogP contribution < -0.4 is 11.0 Å². The van der Waals surface area contributed by atoms with Crippen molar-refractivity contribution in [2.75, 3.05) is 0 Å². The van der Waals surface area contributed by atoms with Crippen LogP contribution in [0.15, 0.2) is 71.1 Å². The molecule has 0 fully saturated rings. The van der Waals surface area contributed by atoms with Gasteiger partial charge in [0.1, 0.15) is 0 Å². The average molecular weight is 396 g/mol. The molecule has 144 valence electrons. The molecular weight excluding hydrogens is 384 g/mol. The van der Waals surface area contributed by atoms with Crippen molar-refractivity contribution in [1.29, 1.82) is 0 Å². The van der Waals surface area contributed by atoms with Gasteiger partial charge in [-0.25, -0.2) is 10.4 Å². The van der Waals surface area contributed by atoms with Gasteiger partial charge in [0.05, 0.1) is 28.4 Å². The van der Waals surface area contributed by atoms with Crippen LogP contribution in [-0.4, -0.2) is 37.4 Å². The molecule has 1 N–H and O–H groups in total. The maximum absolute atomic E-state index is 12.8. The van der Waals surface area contributed by atoms with E-state index < -0.39 is 0 Å². The van der Waals surface area contributed by atoms with E-state index in [4.69, 9.17) is 0 Å². The third kappa shape index (κ3) is 2.76. The largest absolute Gasteiger partial charge is 0.285 e. The third-order valence-corrected chi connectivity index (χ3v) is 4.70. The molecule has 3 aromatic heterocycles. The van der Waals surface area contributed by atoms with Crippen LogP contribution >= 0.6 is 0 Å². The molecule has 1 aliphatic rings. The predicted octanol–water partition coefficient (Wildman–Crippen LogP) is 1.48. The Labute approximate surface area is 168 Å². The number of benzene rings is 1. The lowest BCUT2D eigenvalue weighted by molar-refractivity contribution is 0.0954. The zero-order chi connectivity index (χ0) is 20.7. The summed E-state index contributed by atoms with van der Waals surface area (Å²) in [4.78, 5) is 49.9. The van der Waals surface area contributed by atoms with Gasteiger partial charge in [0.25, 0.3) is 11.5 Å². The van der Waals surface area contributed by atoms with Crippen LogP contribution in [0.3, 0.4) is 0 Å². The van der Waals surface area contributed by atoms with Crippen molar-refractivity contribution in [3.8, 4) is 5.69 Å². The van der Waals surface area contributed by atoms with Gasteiger partial charge in [0.15, 0.2) is 5.82 Å². The zero-order valence-corrected chi connectivity index (χ0v) is 15.3. The highest BCUT2D eigenvalue weighted by Gasteiger charge is 2.30. The van der Waals surface area contributed by atoms with E-state index in [1.165, 1.54) is 35.6 Å². The Kier molecular flexibility index (Phi) is 3.99. The second-order valence-electron chi connectivity index (χ2n) is 6.51. The molecule has 5 rings (SSSR count). The van der Waals surface area contributed by atoms with E-state index in [0.717, 1.165) is 0 Å². The maximum atomic E-state index is 12.8. The molecule has 1 aromatic carbocycles. The fraction of sp³-hybridized carbons (Fsp3) is 0. The van der Waals surface area contributed by atoms with Crippen molar-refractivity contribution in [2.45, 2.75) is 0 Å². The van der Waals surface area contributed by atoms with Crippen LogP contribution in [0, 0.1) is 0 Å². The Morgan fingerprint density at radius 1 is 1.03 bits per heavy atom. The zero-order valence-electron chi connectivity index (χ0n) is 15.3. The summed E-state index contributed by atoms with van der Waals surface area (Å²) in [5.74, 6) is -0.667. The van der Waals surface area contributed by atoms with E-state index in [1.54, 1.807) is 36.4 Å². The summed E-state index contributed by atoms with van der Waals surface area (Å²) < 4.78 is 1.30. The first-order valence-electron chi connectivity index (χ1n) is 8.93. The molecule has 1 amide bonds. The van der Waals surface area contributed by atoms with Crippen LogP contribution in [0.1, 0.15) is 32.1 Å². The highest BCUT2D eigenvalue weighted by Crippen LogP contribution is 2.26. The lowest BCUT2D eigenvalue weighted by Gasteiger charge is -2.05. The van der Waals surface area contributed by atoms with Crippen molar-refractivity contribution in [2.24, 2.45) is 5.10 Å². The van der Waals surface area contributed by atoms with E-state index in [2.05, 4.69) is 25.5 Å². The lowest BCUT2D eigenvalue weighted by Crippen LogP contribution is -2.21. The number of aromatic nitrogens is 4. The molecule has 30 heavy (non-hydrogen) atoms. The van der Waals surface area contributed by atoms with Crippen LogP contribution in [-0.2, 0) is 0 Å². The normalized spacial score (nSPS) is 12.2. The maximum Gasteiger partial charge on any atom is 0.271 e. The second kappa shape index (κ2) is 6.82. The minimum Gasteiger partial charge on any atom is -0.285 e. The van der Waals surface area contributed by atoms with Crippen LogP contribution in [0.5, 0.6) is 0 Å². The molecule has 0 unspecified atom stereocenters. The van der Waals surface area contributed by atoms with E-state index in [0.29, 0.717) is 33.3 Å². The number of carbonyl (C=O) groups is 2. The van der Waals surface area contributed by atoms with Crippen molar-refractivity contribution in [1.82, 2.24) is 24.9 Å².